The van der Waals surface area contributed by atoms with Crippen LogP contribution >= 0.6 is 0 Å². The topological polar surface area (TPSA) is 72.6 Å². The normalized spacial score (nSPS) is 9.92. The molecule has 0 unspecified atom stereocenters. The van der Waals surface area contributed by atoms with E-state index in [1.54, 1.807) is 0 Å². The van der Waals surface area contributed by atoms with Gasteiger partial charge in [-0.1, -0.05) is 0 Å². The molecule has 0 bridgehead atoms. The molecular formula is C8H16N2O3. The monoisotopic (exact) mass is 188 g/mol. The van der Waals surface area contributed by atoms with Crippen LogP contribution in [0, 0.1) is 0 Å². The molecule has 2 N–H and O–H groups in total. The average molecular weight is 188 g/mol. The summed E-state index contributed by atoms with van der Waals surface area (Å²) in [7, 11) is 1.29. The van der Waals surface area contributed by atoms with Gasteiger partial charge in [-0.15, -0.1) is 0 Å². The van der Waals surface area contributed by atoms with Gasteiger partial charge in [0.1, 0.15) is 6.54 Å². The third-order valence-corrected chi connectivity index (χ3v) is 1.65. The van der Waals surface area contributed by atoms with Gasteiger partial charge in [0, 0.05) is 6.04 Å². The van der Waals surface area contributed by atoms with Gasteiger partial charge in [-0.2, -0.15) is 0 Å². The van der Waals surface area contributed by atoms with Crippen LogP contribution in [0.5, 0.6) is 0 Å². The molecule has 0 atom stereocenters. The van der Waals surface area contributed by atoms with E-state index in [2.05, 4.69) is 4.74 Å². The van der Waals surface area contributed by atoms with Crippen molar-refractivity contribution in [3.63, 3.8) is 0 Å². The Morgan fingerprint density at radius 1 is 1.46 bits per heavy atom. The average Bonchev–Trinajstić information content (AvgIpc) is 2.11. The number of amides is 1. The molecule has 0 spiro atoms. The second-order valence-corrected chi connectivity index (χ2v) is 2.90. The Hall–Kier alpha value is -1.10. The van der Waals surface area contributed by atoms with Gasteiger partial charge in [-0.25, -0.2) is 0 Å². The minimum Gasteiger partial charge on any atom is -0.468 e. The van der Waals surface area contributed by atoms with Crippen molar-refractivity contribution in [2.75, 3.05) is 20.2 Å². The highest BCUT2D eigenvalue weighted by Crippen LogP contribution is 1.98. The van der Waals surface area contributed by atoms with Gasteiger partial charge in [0.05, 0.1) is 13.7 Å². The van der Waals surface area contributed by atoms with Gasteiger partial charge in [-0.05, 0) is 13.8 Å². The molecule has 0 aliphatic carbocycles. The molecule has 13 heavy (non-hydrogen) atoms. The Bertz CT molecular complexity index is 192. The van der Waals surface area contributed by atoms with Crippen molar-refractivity contribution in [3.8, 4) is 0 Å². The highest BCUT2D eigenvalue weighted by Gasteiger charge is 2.18. The quantitative estimate of drug-likeness (QED) is 0.595. The molecule has 0 saturated heterocycles. The minimum absolute atomic E-state index is 0.0375. The number of esters is 1. The standard InChI is InChI=1S/C8H16N2O3/c1-6(2)10(7(11)4-9)5-8(12)13-3/h6H,4-5,9H2,1-3H3. The van der Waals surface area contributed by atoms with Crippen LogP contribution < -0.4 is 5.73 Å². The summed E-state index contributed by atoms with van der Waals surface area (Å²) < 4.78 is 4.45. The molecule has 5 heteroatoms. The first kappa shape index (κ1) is 11.9. The zero-order chi connectivity index (χ0) is 10.4. The van der Waals surface area contributed by atoms with Crippen molar-refractivity contribution < 1.29 is 14.3 Å². The fourth-order valence-electron chi connectivity index (χ4n) is 0.880. The maximum atomic E-state index is 11.2. The summed E-state index contributed by atoms with van der Waals surface area (Å²) >= 11 is 0. The zero-order valence-electron chi connectivity index (χ0n) is 8.24. The molecule has 0 aromatic rings. The van der Waals surface area contributed by atoms with Crippen LogP contribution in [0.1, 0.15) is 13.8 Å². The summed E-state index contributed by atoms with van der Waals surface area (Å²) in [6.07, 6.45) is 0. The molecule has 0 fully saturated rings. The zero-order valence-corrected chi connectivity index (χ0v) is 8.24. The highest BCUT2D eigenvalue weighted by atomic mass is 16.5. The van der Waals surface area contributed by atoms with E-state index < -0.39 is 5.97 Å². The molecule has 0 aromatic carbocycles. The smallest absolute Gasteiger partial charge is 0.325 e. The molecule has 0 rings (SSSR count). The Balaban J connectivity index is 4.26. The van der Waals surface area contributed by atoms with Crippen LogP contribution in [-0.2, 0) is 14.3 Å². The van der Waals surface area contributed by atoms with Crippen molar-refractivity contribution in [1.29, 1.82) is 0 Å². The summed E-state index contributed by atoms with van der Waals surface area (Å²) in [5.41, 5.74) is 5.18. The number of nitrogens with zero attached hydrogens (tertiary/aromatic N) is 1. The molecule has 0 heterocycles. The van der Waals surface area contributed by atoms with Crippen molar-refractivity contribution in [1.82, 2.24) is 4.90 Å². The van der Waals surface area contributed by atoms with Crippen molar-refractivity contribution in [2.24, 2.45) is 5.73 Å². The molecule has 76 valence electrons. The Morgan fingerprint density at radius 2 is 2.00 bits per heavy atom. The number of ether oxygens (including phenoxy) is 1. The van der Waals surface area contributed by atoms with Crippen molar-refractivity contribution >= 4 is 11.9 Å². The summed E-state index contributed by atoms with van der Waals surface area (Å²) in [5, 5.41) is 0. The van der Waals surface area contributed by atoms with Crippen molar-refractivity contribution in [3.05, 3.63) is 0 Å². The number of carbonyl (C=O) groups excluding carboxylic acids is 2. The van der Waals surface area contributed by atoms with Crippen LogP contribution in [0.2, 0.25) is 0 Å². The summed E-state index contributed by atoms with van der Waals surface area (Å²) in [6, 6.07) is -0.0462. The number of nitrogens with two attached hydrogens (primary N) is 1. The van der Waals surface area contributed by atoms with Crippen LogP contribution in [0.15, 0.2) is 0 Å². The first-order valence-electron chi connectivity index (χ1n) is 4.09. The predicted molar refractivity (Wildman–Crippen MR) is 47.9 cm³/mol. The number of hydrogen-bond acceptors (Lipinski definition) is 4. The van der Waals surface area contributed by atoms with Crippen LogP contribution in [-0.4, -0.2) is 43.0 Å². The fraction of sp³-hybridized carbons (Fsp3) is 0.750. The summed E-state index contributed by atoms with van der Waals surface area (Å²) in [6.45, 7) is 3.51. The van der Waals surface area contributed by atoms with E-state index in [0.717, 1.165) is 0 Å². The maximum absolute atomic E-state index is 11.2. The van der Waals surface area contributed by atoms with Crippen LogP contribution in [0.4, 0.5) is 0 Å². The lowest BCUT2D eigenvalue weighted by atomic mass is 10.3. The predicted octanol–water partition coefficient (Wildman–Crippen LogP) is -0.645. The molecule has 0 aromatic heterocycles. The fourth-order valence-corrected chi connectivity index (χ4v) is 0.880. The largest absolute Gasteiger partial charge is 0.468 e. The third kappa shape index (κ3) is 3.89. The molecule has 0 aliphatic heterocycles. The molecule has 0 aliphatic rings. The van der Waals surface area contributed by atoms with Gasteiger partial charge in [-0.3, -0.25) is 9.59 Å². The first-order chi connectivity index (χ1) is 6.02. The van der Waals surface area contributed by atoms with Gasteiger partial charge >= 0.3 is 5.97 Å². The van der Waals surface area contributed by atoms with Gasteiger partial charge in [0.2, 0.25) is 5.91 Å². The molecular weight excluding hydrogens is 172 g/mol. The first-order valence-corrected chi connectivity index (χ1v) is 4.09. The lowest BCUT2D eigenvalue weighted by molar-refractivity contribution is -0.147. The summed E-state index contributed by atoms with van der Waals surface area (Å²) in [5.74, 6) is -0.684. The van der Waals surface area contributed by atoms with Crippen LogP contribution in [0.25, 0.3) is 0 Å². The molecule has 0 saturated carbocycles. The maximum Gasteiger partial charge on any atom is 0.325 e. The third-order valence-electron chi connectivity index (χ3n) is 1.65. The number of rotatable bonds is 4. The van der Waals surface area contributed by atoms with E-state index >= 15 is 0 Å². The van der Waals surface area contributed by atoms with Crippen molar-refractivity contribution in [2.45, 2.75) is 19.9 Å². The van der Waals surface area contributed by atoms with Gasteiger partial charge in [0.15, 0.2) is 0 Å². The van der Waals surface area contributed by atoms with Gasteiger partial charge < -0.3 is 15.4 Å². The minimum atomic E-state index is -0.435. The van der Waals surface area contributed by atoms with E-state index in [1.165, 1.54) is 12.0 Å². The molecule has 1 amide bonds. The Morgan fingerprint density at radius 3 is 2.31 bits per heavy atom. The lowest BCUT2D eigenvalue weighted by Gasteiger charge is -2.24. The number of hydrogen-bond donors (Lipinski definition) is 1. The highest BCUT2D eigenvalue weighted by molar-refractivity contribution is 5.83. The SMILES string of the molecule is COC(=O)CN(C(=O)CN)C(C)C. The molecule has 5 nitrogen and oxygen atoms in total. The Kier molecular flexibility index (Phi) is 5.06. The molecule has 0 radical (unpaired) electrons. The summed E-state index contributed by atoms with van der Waals surface area (Å²) in [4.78, 5) is 23.5. The van der Waals surface area contributed by atoms with Crippen LogP contribution in [0.3, 0.4) is 0 Å². The van der Waals surface area contributed by atoms with E-state index in [0.29, 0.717) is 0 Å². The van der Waals surface area contributed by atoms with Gasteiger partial charge in [0.25, 0.3) is 0 Å². The second-order valence-electron chi connectivity index (χ2n) is 2.90. The number of methoxy groups -OCH3 is 1. The van der Waals surface area contributed by atoms with E-state index in [9.17, 15) is 9.59 Å². The lowest BCUT2D eigenvalue weighted by Crippen LogP contribution is -2.44. The second kappa shape index (κ2) is 5.53. The van der Waals surface area contributed by atoms with E-state index in [1.807, 2.05) is 13.8 Å². The van der Waals surface area contributed by atoms with E-state index in [4.69, 9.17) is 5.73 Å². The van der Waals surface area contributed by atoms with E-state index in [-0.39, 0.29) is 25.0 Å². The number of carbonyl (C=O) groups is 2. The Labute approximate surface area is 77.8 Å².